The maximum absolute atomic E-state index is 12.3. The molecular formula is C19H26N4O4S2. The van der Waals surface area contributed by atoms with E-state index in [1.165, 1.54) is 11.8 Å². The highest BCUT2D eigenvalue weighted by Crippen LogP contribution is 2.34. The van der Waals surface area contributed by atoms with Gasteiger partial charge in [0.15, 0.2) is 15.0 Å². The first-order valence-corrected chi connectivity index (χ1v) is 12.6. The van der Waals surface area contributed by atoms with Crippen molar-refractivity contribution >= 4 is 38.4 Å². The van der Waals surface area contributed by atoms with E-state index in [1.807, 2.05) is 12.1 Å². The molecule has 2 atom stereocenters. The number of amides is 1. The molecule has 2 saturated heterocycles. The summed E-state index contributed by atoms with van der Waals surface area (Å²) in [6.45, 7) is 5.12. The van der Waals surface area contributed by atoms with E-state index in [1.54, 1.807) is 12.1 Å². The zero-order valence-corrected chi connectivity index (χ0v) is 17.8. The molecule has 2 fully saturated rings. The quantitative estimate of drug-likeness (QED) is 0.634. The van der Waals surface area contributed by atoms with Gasteiger partial charge in [-0.25, -0.2) is 8.42 Å². The first-order valence-electron chi connectivity index (χ1n) is 9.89. The van der Waals surface area contributed by atoms with Gasteiger partial charge in [0.25, 0.3) is 5.91 Å². The number of carbonyl (C=O) groups excluding carboxylic acids is 1. The molecule has 158 valence electrons. The molecule has 0 unspecified atom stereocenters. The number of ether oxygens (including phenoxy) is 1. The van der Waals surface area contributed by atoms with E-state index >= 15 is 0 Å². The summed E-state index contributed by atoms with van der Waals surface area (Å²) in [6.07, 6.45) is 0.917. The highest BCUT2D eigenvalue weighted by Gasteiger charge is 2.42. The fraction of sp³-hybridized carbons (Fsp3) is 0.579. The number of aliphatic imine (C=N–C) groups is 1. The maximum Gasteiger partial charge on any atom is 0.251 e. The highest BCUT2D eigenvalue weighted by atomic mass is 32.2. The number of amidine groups is 1. The SMILES string of the molecule is O=C(NCCCN1CCOCC1)c1ccc(NC2=N[C@@H]3CS(=O)(=O)C[C@H]3S2)cc1. The molecule has 0 spiro atoms. The van der Waals surface area contributed by atoms with Crippen molar-refractivity contribution < 1.29 is 17.9 Å². The van der Waals surface area contributed by atoms with Crippen LogP contribution in [0.25, 0.3) is 0 Å². The Morgan fingerprint density at radius 1 is 1.21 bits per heavy atom. The van der Waals surface area contributed by atoms with Crippen molar-refractivity contribution in [3.05, 3.63) is 29.8 Å². The summed E-state index contributed by atoms with van der Waals surface area (Å²) in [5.41, 5.74) is 1.45. The van der Waals surface area contributed by atoms with E-state index < -0.39 is 9.84 Å². The fourth-order valence-corrected chi connectivity index (χ4v) is 7.35. The second kappa shape index (κ2) is 9.03. The molecule has 4 rings (SSSR count). The van der Waals surface area contributed by atoms with Gasteiger partial charge in [-0.3, -0.25) is 14.7 Å². The number of nitrogens with zero attached hydrogens (tertiary/aromatic N) is 2. The minimum atomic E-state index is -2.94. The number of anilines is 1. The first-order chi connectivity index (χ1) is 14.0. The third kappa shape index (κ3) is 5.50. The molecule has 1 amide bonds. The van der Waals surface area contributed by atoms with Crippen molar-refractivity contribution in [3.8, 4) is 0 Å². The molecule has 3 aliphatic rings. The normalized spacial score (nSPS) is 26.0. The number of carbonyl (C=O) groups is 1. The van der Waals surface area contributed by atoms with Gasteiger partial charge in [0.05, 0.1) is 30.8 Å². The Balaban J connectivity index is 1.21. The Labute approximate surface area is 175 Å². The van der Waals surface area contributed by atoms with E-state index in [2.05, 4.69) is 20.5 Å². The molecule has 10 heteroatoms. The number of hydrogen-bond acceptors (Lipinski definition) is 8. The molecule has 3 heterocycles. The number of rotatable bonds is 6. The van der Waals surface area contributed by atoms with Crippen molar-refractivity contribution in [3.63, 3.8) is 0 Å². The average Bonchev–Trinajstić information content (AvgIpc) is 3.19. The van der Waals surface area contributed by atoms with Crippen LogP contribution in [0, 0.1) is 0 Å². The zero-order chi connectivity index (χ0) is 20.3. The van der Waals surface area contributed by atoms with E-state index in [0.29, 0.717) is 12.1 Å². The molecule has 8 nitrogen and oxygen atoms in total. The molecule has 0 radical (unpaired) electrons. The van der Waals surface area contributed by atoms with Crippen LogP contribution in [0.1, 0.15) is 16.8 Å². The summed E-state index contributed by atoms with van der Waals surface area (Å²) in [5, 5.41) is 6.95. The molecule has 0 saturated carbocycles. The van der Waals surface area contributed by atoms with Crippen molar-refractivity contribution in [2.75, 3.05) is 56.2 Å². The molecule has 2 N–H and O–H groups in total. The highest BCUT2D eigenvalue weighted by molar-refractivity contribution is 8.15. The number of fused-ring (bicyclic) bond motifs is 1. The first kappa shape index (κ1) is 20.6. The minimum absolute atomic E-state index is 0.0185. The number of hydrogen-bond donors (Lipinski definition) is 2. The van der Waals surface area contributed by atoms with Crippen LogP contribution in [-0.2, 0) is 14.6 Å². The molecule has 1 aromatic carbocycles. The molecule has 0 aliphatic carbocycles. The summed E-state index contributed by atoms with van der Waals surface area (Å²) >= 11 is 1.48. The predicted octanol–water partition coefficient (Wildman–Crippen LogP) is 0.819. The number of thioether (sulfide) groups is 1. The Bertz CT molecular complexity index is 867. The van der Waals surface area contributed by atoms with E-state index in [4.69, 9.17) is 4.74 Å². The van der Waals surface area contributed by atoms with Gasteiger partial charge in [0.1, 0.15) is 0 Å². The monoisotopic (exact) mass is 438 g/mol. The van der Waals surface area contributed by atoms with Gasteiger partial charge in [-0.15, -0.1) is 0 Å². The van der Waals surface area contributed by atoms with Crippen LogP contribution < -0.4 is 10.6 Å². The third-order valence-electron chi connectivity index (χ3n) is 5.26. The van der Waals surface area contributed by atoms with Crippen LogP contribution in [0.3, 0.4) is 0 Å². The Morgan fingerprint density at radius 2 is 1.97 bits per heavy atom. The van der Waals surface area contributed by atoms with Crippen LogP contribution in [0.5, 0.6) is 0 Å². The average molecular weight is 439 g/mol. The van der Waals surface area contributed by atoms with Gasteiger partial charge in [-0.05, 0) is 37.2 Å². The van der Waals surface area contributed by atoms with Crippen molar-refractivity contribution in [1.29, 1.82) is 0 Å². The summed E-state index contributed by atoms with van der Waals surface area (Å²) in [5.74, 6) is 0.258. The van der Waals surface area contributed by atoms with Crippen molar-refractivity contribution in [2.24, 2.45) is 4.99 Å². The van der Waals surface area contributed by atoms with Gasteiger partial charge in [0, 0.05) is 36.1 Å². The summed E-state index contributed by atoms with van der Waals surface area (Å²) in [6, 6.07) is 7.11. The van der Waals surface area contributed by atoms with Gasteiger partial charge in [-0.2, -0.15) is 0 Å². The number of benzene rings is 1. The van der Waals surface area contributed by atoms with Crippen LogP contribution >= 0.6 is 11.8 Å². The van der Waals surface area contributed by atoms with Gasteiger partial charge in [0.2, 0.25) is 0 Å². The topological polar surface area (TPSA) is 100 Å². The lowest BCUT2D eigenvalue weighted by Crippen LogP contribution is -2.38. The second-order valence-electron chi connectivity index (χ2n) is 7.50. The summed E-state index contributed by atoms with van der Waals surface area (Å²) in [7, 11) is -2.94. The minimum Gasteiger partial charge on any atom is -0.379 e. The lowest BCUT2D eigenvalue weighted by atomic mass is 10.2. The van der Waals surface area contributed by atoms with Crippen molar-refractivity contribution in [2.45, 2.75) is 17.7 Å². The summed E-state index contributed by atoms with van der Waals surface area (Å²) in [4.78, 5) is 19.1. The van der Waals surface area contributed by atoms with Crippen LogP contribution in [0.15, 0.2) is 29.3 Å². The maximum atomic E-state index is 12.3. The second-order valence-corrected chi connectivity index (χ2v) is 10.9. The summed E-state index contributed by atoms with van der Waals surface area (Å²) < 4.78 is 28.6. The number of nitrogens with one attached hydrogen (secondary N) is 2. The zero-order valence-electron chi connectivity index (χ0n) is 16.2. The Kier molecular flexibility index (Phi) is 6.43. The van der Waals surface area contributed by atoms with Crippen LogP contribution in [-0.4, -0.2) is 86.6 Å². The van der Waals surface area contributed by atoms with E-state index in [-0.39, 0.29) is 28.7 Å². The van der Waals surface area contributed by atoms with Crippen molar-refractivity contribution in [1.82, 2.24) is 10.2 Å². The molecular weight excluding hydrogens is 412 g/mol. The fourth-order valence-electron chi connectivity index (χ4n) is 3.68. The van der Waals surface area contributed by atoms with Gasteiger partial charge < -0.3 is 15.4 Å². The molecule has 29 heavy (non-hydrogen) atoms. The number of morpholine rings is 1. The predicted molar refractivity (Wildman–Crippen MR) is 116 cm³/mol. The largest absolute Gasteiger partial charge is 0.379 e. The number of sulfone groups is 1. The molecule has 3 aliphatic heterocycles. The smallest absolute Gasteiger partial charge is 0.251 e. The van der Waals surface area contributed by atoms with E-state index in [0.717, 1.165) is 50.1 Å². The lowest BCUT2D eigenvalue weighted by molar-refractivity contribution is 0.0374. The lowest BCUT2D eigenvalue weighted by Gasteiger charge is -2.26. The van der Waals surface area contributed by atoms with Crippen LogP contribution in [0.2, 0.25) is 0 Å². The Hall–Kier alpha value is -1.62. The van der Waals surface area contributed by atoms with Gasteiger partial charge in [-0.1, -0.05) is 11.8 Å². The standard InChI is InChI=1S/C19H26N4O4S2/c24-18(20-6-1-7-23-8-10-27-11-9-23)14-2-4-15(5-3-14)21-19-22-16-12-29(25,26)13-17(16)28-19/h2-5,16-17H,1,6-13H2,(H,20,24)(H,21,22)/t16-,17-/m1/s1. The van der Waals surface area contributed by atoms with Gasteiger partial charge >= 0.3 is 0 Å². The molecule has 1 aromatic rings. The molecule has 0 bridgehead atoms. The Morgan fingerprint density at radius 3 is 2.69 bits per heavy atom. The third-order valence-corrected chi connectivity index (χ3v) is 8.40. The molecule has 0 aromatic heterocycles. The van der Waals surface area contributed by atoms with E-state index in [9.17, 15) is 13.2 Å². The van der Waals surface area contributed by atoms with Crippen LogP contribution in [0.4, 0.5) is 5.69 Å².